The molecule has 10 unspecified atom stereocenters. The number of nitrogens with zero attached hydrogens (tertiary/aromatic N) is 1. The van der Waals surface area contributed by atoms with Crippen molar-refractivity contribution in [2.75, 3.05) is 33.3 Å². The van der Waals surface area contributed by atoms with E-state index in [0.29, 0.717) is 52.8 Å². The highest BCUT2D eigenvalue weighted by Gasteiger charge is 2.63. The zero-order chi connectivity index (χ0) is 24.1. The third kappa shape index (κ3) is 4.16. The van der Waals surface area contributed by atoms with E-state index >= 15 is 0 Å². The molecule has 5 heteroatoms. The van der Waals surface area contributed by atoms with Crippen molar-refractivity contribution >= 4 is 5.97 Å². The van der Waals surface area contributed by atoms with Crippen LogP contribution in [0.2, 0.25) is 0 Å². The lowest BCUT2D eigenvalue weighted by Crippen LogP contribution is -2.60. The zero-order valence-electron chi connectivity index (χ0n) is 22.2. The number of carbonyl (C=O) groups excluding carboxylic acids is 1. The van der Waals surface area contributed by atoms with Gasteiger partial charge >= 0.3 is 5.97 Å². The molecule has 34 heavy (non-hydrogen) atoms. The molecule has 5 nitrogen and oxygen atoms in total. The van der Waals surface area contributed by atoms with E-state index in [1.807, 2.05) is 0 Å². The highest BCUT2D eigenvalue weighted by atomic mass is 16.5. The second-order valence-electron chi connectivity index (χ2n) is 13.3. The first kappa shape index (κ1) is 25.0. The van der Waals surface area contributed by atoms with E-state index < -0.39 is 0 Å². The van der Waals surface area contributed by atoms with Gasteiger partial charge in [-0.05, 0) is 104 Å². The standard InChI is InChI=1S/C29H50N2O3/c1-19(5-8-26(33)34-4)22-6-7-23-27-24(10-12-29(22,23)3)28(2)11-9-21(17-20(28)18-25(27)32)31-15-13-30-14-16-31/h19-25,27,30,32H,5-18H2,1-4H3. The van der Waals surface area contributed by atoms with E-state index in [1.54, 1.807) is 0 Å². The Balaban J connectivity index is 1.29. The minimum absolute atomic E-state index is 0.0756. The molecule has 0 amide bonds. The van der Waals surface area contributed by atoms with E-state index in [9.17, 15) is 9.90 Å². The normalized spacial score (nSPS) is 47.9. The highest BCUT2D eigenvalue weighted by Crippen LogP contribution is 2.68. The monoisotopic (exact) mass is 474 g/mol. The summed E-state index contributed by atoms with van der Waals surface area (Å²) in [5.74, 6) is 3.64. The molecule has 5 aliphatic rings. The Morgan fingerprint density at radius 3 is 2.50 bits per heavy atom. The maximum Gasteiger partial charge on any atom is 0.305 e. The van der Waals surface area contributed by atoms with Crippen molar-refractivity contribution in [2.45, 2.75) is 97.1 Å². The second kappa shape index (κ2) is 9.67. The number of fused-ring (bicyclic) bond motifs is 5. The van der Waals surface area contributed by atoms with Crippen LogP contribution in [0.15, 0.2) is 0 Å². The Kier molecular flexibility index (Phi) is 7.11. The second-order valence-corrected chi connectivity index (χ2v) is 13.3. The fourth-order valence-corrected chi connectivity index (χ4v) is 10.2. The molecule has 2 N–H and O–H groups in total. The van der Waals surface area contributed by atoms with Crippen LogP contribution in [0.25, 0.3) is 0 Å². The quantitative estimate of drug-likeness (QED) is 0.576. The van der Waals surface area contributed by atoms with Gasteiger partial charge in [0.25, 0.3) is 0 Å². The molecule has 4 aliphatic carbocycles. The molecule has 5 fully saturated rings. The van der Waals surface area contributed by atoms with Crippen LogP contribution in [0.3, 0.4) is 0 Å². The van der Waals surface area contributed by atoms with Gasteiger partial charge in [-0.15, -0.1) is 0 Å². The summed E-state index contributed by atoms with van der Waals surface area (Å²) < 4.78 is 4.91. The summed E-state index contributed by atoms with van der Waals surface area (Å²) in [6.07, 6.45) is 11.5. The molecule has 1 saturated heterocycles. The van der Waals surface area contributed by atoms with Crippen LogP contribution < -0.4 is 5.32 Å². The lowest BCUT2D eigenvalue weighted by atomic mass is 9.43. The lowest BCUT2D eigenvalue weighted by molar-refractivity contribution is -0.171. The number of rotatable bonds is 5. The summed E-state index contributed by atoms with van der Waals surface area (Å²) in [6.45, 7) is 12.2. The first-order chi connectivity index (χ1) is 16.3. The van der Waals surface area contributed by atoms with Crippen LogP contribution in [0.4, 0.5) is 0 Å². The van der Waals surface area contributed by atoms with Gasteiger partial charge < -0.3 is 15.2 Å². The summed E-state index contributed by atoms with van der Waals surface area (Å²) in [4.78, 5) is 14.5. The summed E-state index contributed by atoms with van der Waals surface area (Å²) in [5.41, 5.74) is 0.725. The van der Waals surface area contributed by atoms with Crippen molar-refractivity contribution < 1.29 is 14.6 Å². The number of nitrogens with one attached hydrogen (secondary N) is 1. The minimum atomic E-state index is -0.126. The van der Waals surface area contributed by atoms with Gasteiger partial charge in [-0.1, -0.05) is 20.8 Å². The Morgan fingerprint density at radius 2 is 1.76 bits per heavy atom. The van der Waals surface area contributed by atoms with E-state index in [1.165, 1.54) is 65.1 Å². The molecule has 0 radical (unpaired) electrons. The third-order valence-electron chi connectivity index (χ3n) is 12.1. The summed E-state index contributed by atoms with van der Waals surface area (Å²) in [7, 11) is 1.50. The Morgan fingerprint density at radius 1 is 1.06 bits per heavy atom. The molecule has 0 aromatic rings. The smallest absolute Gasteiger partial charge is 0.305 e. The maximum atomic E-state index is 11.8. The first-order valence-corrected chi connectivity index (χ1v) is 14.5. The predicted octanol–water partition coefficient (Wildman–Crippen LogP) is 4.48. The van der Waals surface area contributed by atoms with Gasteiger partial charge in [0.15, 0.2) is 0 Å². The molecule has 5 rings (SSSR count). The third-order valence-corrected chi connectivity index (χ3v) is 12.1. The molecule has 1 aliphatic heterocycles. The molecule has 0 bridgehead atoms. The van der Waals surface area contributed by atoms with E-state index in [2.05, 4.69) is 31.0 Å². The molecule has 10 atom stereocenters. The molecule has 4 saturated carbocycles. The average molecular weight is 475 g/mol. The van der Waals surface area contributed by atoms with Crippen molar-refractivity contribution in [2.24, 2.45) is 46.3 Å². The number of hydrogen-bond donors (Lipinski definition) is 2. The van der Waals surface area contributed by atoms with Crippen LogP contribution in [0, 0.1) is 46.3 Å². The Hall–Kier alpha value is -0.650. The number of aliphatic hydroxyl groups excluding tert-OH is 1. The predicted molar refractivity (Wildman–Crippen MR) is 135 cm³/mol. The van der Waals surface area contributed by atoms with Gasteiger partial charge in [-0.2, -0.15) is 0 Å². The van der Waals surface area contributed by atoms with Crippen molar-refractivity contribution in [3.63, 3.8) is 0 Å². The van der Waals surface area contributed by atoms with Crippen LogP contribution in [0.1, 0.15) is 85.0 Å². The van der Waals surface area contributed by atoms with Crippen LogP contribution in [0.5, 0.6) is 0 Å². The molecule has 194 valence electrons. The fourth-order valence-electron chi connectivity index (χ4n) is 10.2. The molecule has 0 aromatic heterocycles. The van der Waals surface area contributed by atoms with Crippen LogP contribution in [-0.2, 0) is 9.53 Å². The van der Waals surface area contributed by atoms with Crippen LogP contribution >= 0.6 is 0 Å². The van der Waals surface area contributed by atoms with E-state index in [0.717, 1.165) is 32.0 Å². The number of methoxy groups -OCH3 is 1. The fraction of sp³-hybridized carbons (Fsp3) is 0.966. The number of carbonyl (C=O) groups is 1. The summed E-state index contributed by atoms with van der Waals surface area (Å²) >= 11 is 0. The molecule has 0 aromatic carbocycles. The van der Waals surface area contributed by atoms with E-state index in [-0.39, 0.29) is 12.1 Å². The van der Waals surface area contributed by atoms with Gasteiger partial charge in [0.05, 0.1) is 13.2 Å². The summed E-state index contributed by atoms with van der Waals surface area (Å²) in [5, 5.41) is 15.2. The van der Waals surface area contributed by atoms with Gasteiger partial charge in [0.1, 0.15) is 0 Å². The number of aliphatic hydroxyl groups is 1. The largest absolute Gasteiger partial charge is 0.469 e. The van der Waals surface area contributed by atoms with E-state index in [4.69, 9.17) is 4.74 Å². The lowest BCUT2D eigenvalue weighted by Gasteiger charge is -2.63. The van der Waals surface area contributed by atoms with Gasteiger partial charge in [-0.25, -0.2) is 0 Å². The SMILES string of the molecule is COC(=O)CCC(C)C1CCC2C3C(O)CC4CC(N5CCNCC5)CCC4(C)C3CCC12C. The number of piperazine rings is 1. The molecule has 1 heterocycles. The molecular weight excluding hydrogens is 424 g/mol. The Bertz CT molecular complexity index is 739. The van der Waals surface area contributed by atoms with Gasteiger partial charge in [-0.3, -0.25) is 9.69 Å². The summed E-state index contributed by atoms with van der Waals surface area (Å²) in [6, 6.07) is 0.726. The van der Waals surface area contributed by atoms with Crippen molar-refractivity contribution in [3.05, 3.63) is 0 Å². The maximum absolute atomic E-state index is 11.8. The van der Waals surface area contributed by atoms with Crippen molar-refractivity contribution in [1.82, 2.24) is 10.2 Å². The number of esters is 1. The topological polar surface area (TPSA) is 61.8 Å². The Labute approximate surface area is 207 Å². The number of ether oxygens (including phenoxy) is 1. The van der Waals surface area contributed by atoms with Gasteiger partial charge in [0, 0.05) is 38.6 Å². The van der Waals surface area contributed by atoms with Gasteiger partial charge in [0.2, 0.25) is 0 Å². The number of hydrogen-bond acceptors (Lipinski definition) is 5. The van der Waals surface area contributed by atoms with Crippen molar-refractivity contribution in [3.8, 4) is 0 Å². The van der Waals surface area contributed by atoms with Crippen molar-refractivity contribution in [1.29, 1.82) is 0 Å². The average Bonchev–Trinajstić information content (AvgIpc) is 3.20. The first-order valence-electron chi connectivity index (χ1n) is 14.5. The van der Waals surface area contributed by atoms with Crippen LogP contribution in [-0.4, -0.2) is 61.4 Å². The minimum Gasteiger partial charge on any atom is -0.469 e. The zero-order valence-corrected chi connectivity index (χ0v) is 22.2. The highest BCUT2D eigenvalue weighted by molar-refractivity contribution is 5.69. The molecule has 0 spiro atoms. The molecular formula is C29H50N2O3.